The van der Waals surface area contributed by atoms with Crippen LogP contribution in [0, 0.1) is 0 Å². The van der Waals surface area contributed by atoms with Gasteiger partial charge < -0.3 is 14.8 Å². The summed E-state index contributed by atoms with van der Waals surface area (Å²) in [4.78, 5) is 2.41. The van der Waals surface area contributed by atoms with E-state index in [0.29, 0.717) is 18.2 Å². The van der Waals surface area contributed by atoms with Crippen molar-refractivity contribution in [3.63, 3.8) is 0 Å². The van der Waals surface area contributed by atoms with Crippen LogP contribution >= 0.6 is 0 Å². The first-order valence-electron chi connectivity index (χ1n) is 7.28. The molecule has 1 N–H and O–H groups in total. The molecule has 0 aromatic heterocycles. The summed E-state index contributed by atoms with van der Waals surface area (Å²) in [5, 5.41) is 3.40. The van der Waals surface area contributed by atoms with Gasteiger partial charge in [0.15, 0.2) is 0 Å². The first-order chi connectivity index (χ1) is 9.65. The van der Waals surface area contributed by atoms with Crippen LogP contribution in [0.15, 0.2) is 24.3 Å². The predicted molar refractivity (Wildman–Crippen MR) is 81.2 cm³/mol. The van der Waals surface area contributed by atoms with E-state index in [4.69, 9.17) is 9.47 Å². The van der Waals surface area contributed by atoms with E-state index in [0.717, 1.165) is 25.3 Å². The van der Waals surface area contributed by atoms with Crippen LogP contribution in [-0.4, -0.2) is 51.4 Å². The van der Waals surface area contributed by atoms with E-state index in [2.05, 4.69) is 36.3 Å². The number of nitrogens with zero attached hydrogens (tertiary/aromatic N) is 1. The Hall–Kier alpha value is -1.10. The summed E-state index contributed by atoms with van der Waals surface area (Å²) in [6, 6.07) is 9.12. The summed E-state index contributed by atoms with van der Waals surface area (Å²) in [7, 11) is 5.89. The normalized spacial score (nSPS) is 24.1. The molecule has 3 atom stereocenters. The van der Waals surface area contributed by atoms with Crippen molar-refractivity contribution in [2.45, 2.75) is 31.5 Å². The number of benzene rings is 1. The number of hydrogen-bond donors (Lipinski definition) is 1. The fraction of sp³-hybridized carbons (Fsp3) is 0.625. The van der Waals surface area contributed by atoms with Gasteiger partial charge in [-0.05, 0) is 45.1 Å². The average molecular weight is 278 g/mol. The summed E-state index contributed by atoms with van der Waals surface area (Å²) in [6.45, 7) is 4.01. The molecule has 0 aliphatic carbocycles. The van der Waals surface area contributed by atoms with Crippen LogP contribution in [0.25, 0.3) is 0 Å². The molecule has 1 fully saturated rings. The second kappa shape index (κ2) is 7.07. The molecule has 20 heavy (non-hydrogen) atoms. The molecule has 2 rings (SSSR count). The molecule has 1 aliphatic heterocycles. The van der Waals surface area contributed by atoms with Crippen molar-refractivity contribution in [1.29, 1.82) is 0 Å². The third kappa shape index (κ3) is 3.51. The molecule has 1 heterocycles. The van der Waals surface area contributed by atoms with Gasteiger partial charge in [-0.1, -0.05) is 12.1 Å². The lowest BCUT2D eigenvalue weighted by molar-refractivity contribution is 0.0806. The maximum Gasteiger partial charge on any atom is 0.118 e. The van der Waals surface area contributed by atoms with Crippen molar-refractivity contribution < 1.29 is 9.47 Å². The van der Waals surface area contributed by atoms with Crippen LogP contribution in [0.4, 0.5) is 0 Å². The smallest absolute Gasteiger partial charge is 0.118 e. The van der Waals surface area contributed by atoms with Crippen molar-refractivity contribution >= 4 is 0 Å². The van der Waals surface area contributed by atoms with Gasteiger partial charge in [0.25, 0.3) is 0 Å². The summed E-state index contributed by atoms with van der Waals surface area (Å²) in [6.07, 6.45) is 1.45. The van der Waals surface area contributed by atoms with Crippen LogP contribution < -0.4 is 10.1 Å². The highest BCUT2D eigenvalue weighted by atomic mass is 16.5. The van der Waals surface area contributed by atoms with Gasteiger partial charge in [-0.15, -0.1) is 0 Å². The second-order valence-corrected chi connectivity index (χ2v) is 5.49. The lowest BCUT2D eigenvalue weighted by Gasteiger charge is -2.30. The van der Waals surface area contributed by atoms with Gasteiger partial charge in [-0.3, -0.25) is 4.90 Å². The van der Waals surface area contributed by atoms with Crippen molar-refractivity contribution in [2.75, 3.05) is 34.4 Å². The van der Waals surface area contributed by atoms with Gasteiger partial charge in [-0.2, -0.15) is 0 Å². The zero-order valence-corrected chi connectivity index (χ0v) is 12.9. The van der Waals surface area contributed by atoms with Gasteiger partial charge in [0.2, 0.25) is 0 Å². The molecule has 4 heteroatoms. The molecule has 0 saturated carbocycles. The number of methoxy groups -OCH3 is 1. The Kier molecular flexibility index (Phi) is 5.40. The topological polar surface area (TPSA) is 33.7 Å². The minimum absolute atomic E-state index is 0.318. The van der Waals surface area contributed by atoms with E-state index in [-0.39, 0.29) is 0 Å². The number of likely N-dealkylation sites (N-methyl/N-ethyl adjacent to an activating group) is 2. The van der Waals surface area contributed by atoms with Crippen LogP contribution in [0.5, 0.6) is 5.75 Å². The quantitative estimate of drug-likeness (QED) is 0.863. The van der Waals surface area contributed by atoms with Gasteiger partial charge in [-0.25, -0.2) is 0 Å². The Morgan fingerprint density at radius 1 is 1.40 bits per heavy atom. The standard InChI is InChI=1S/C16H26N2O2/c1-12-16(9-10-20-12)18(3)11-15(17-2)13-5-7-14(19-4)8-6-13/h5-8,12,15-17H,9-11H2,1-4H3. The number of hydrogen-bond acceptors (Lipinski definition) is 4. The van der Waals surface area contributed by atoms with Gasteiger partial charge in [0.1, 0.15) is 5.75 Å². The third-order valence-corrected chi connectivity index (χ3v) is 4.24. The van der Waals surface area contributed by atoms with E-state index in [1.165, 1.54) is 5.56 Å². The Bertz CT molecular complexity index is 407. The van der Waals surface area contributed by atoms with Gasteiger partial charge >= 0.3 is 0 Å². The van der Waals surface area contributed by atoms with Gasteiger partial charge in [0, 0.05) is 25.2 Å². The van der Waals surface area contributed by atoms with Crippen molar-refractivity contribution in [1.82, 2.24) is 10.2 Å². The van der Waals surface area contributed by atoms with Crippen LogP contribution in [0.1, 0.15) is 24.9 Å². The lowest BCUT2D eigenvalue weighted by Crippen LogP contribution is -2.41. The molecule has 1 aromatic rings. The largest absolute Gasteiger partial charge is 0.497 e. The SMILES string of the molecule is CNC(CN(C)C1CCOC1C)c1ccc(OC)cc1. The summed E-state index contributed by atoms with van der Waals surface area (Å²) in [5.74, 6) is 0.898. The molecule has 1 saturated heterocycles. The number of ether oxygens (including phenoxy) is 2. The van der Waals surface area contributed by atoms with Crippen LogP contribution in [-0.2, 0) is 4.74 Å². The second-order valence-electron chi connectivity index (χ2n) is 5.49. The molecule has 4 nitrogen and oxygen atoms in total. The van der Waals surface area contributed by atoms with E-state index in [1.54, 1.807) is 7.11 Å². The minimum Gasteiger partial charge on any atom is -0.497 e. The lowest BCUT2D eigenvalue weighted by atomic mass is 10.0. The highest BCUT2D eigenvalue weighted by Crippen LogP contribution is 2.22. The maximum absolute atomic E-state index is 5.66. The molecule has 0 radical (unpaired) electrons. The predicted octanol–water partition coefficient (Wildman–Crippen LogP) is 2.06. The molecule has 0 spiro atoms. The summed E-state index contributed by atoms with van der Waals surface area (Å²) < 4.78 is 10.9. The first-order valence-corrected chi connectivity index (χ1v) is 7.28. The Labute approximate surface area is 122 Å². The van der Waals surface area contributed by atoms with E-state index < -0.39 is 0 Å². The van der Waals surface area contributed by atoms with Crippen molar-refractivity contribution in [3.05, 3.63) is 29.8 Å². The van der Waals surface area contributed by atoms with E-state index >= 15 is 0 Å². The molecular formula is C16H26N2O2. The average Bonchev–Trinajstić information content (AvgIpc) is 2.91. The molecular weight excluding hydrogens is 252 g/mol. The Morgan fingerprint density at radius 2 is 2.10 bits per heavy atom. The minimum atomic E-state index is 0.318. The van der Waals surface area contributed by atoms with Crippen molar-refractivity contribution in [2.24, 2.45) is 0 Å². The van der Waals surface area contributed by atoms with Crippen LogP contribution in [0.3, 0.4) is 0 Å². The fourth-order valence-corrected chi connectivity index (χ4v) is 2.92. The van der Waals surface area contributed by atoms with E-state index in [9.17, 15) is 0 Å². The Morgan fingerprint density at radius 3 is 2.60 bits per heavy atom. The van der Waals surface area contributed by atoms with Crippen LogP contribution in [0.2, 0.25) is 0 Å². The van der Waals surface area contributed by atoms with E-state index in [1.807, 2.05) is 19.2 Å². The molecule has 0 amide bonds. The molecule has 1 aromatic carbocycles. The summed E-state index contributed by atoms with van der Waals surface area (Å²) in [5.41, 5.74) is 1.28. The molecule has 0 bridgehead atoms. The molecule has 1 aliphatic rings. The third-order valence-electron chi connectivity index (χ3n) is 4.24. The summed E-state index contributed by atoms with van der Waals surface area (Å²) >= 11 is 0. The monoisotopic (exact) mass is 278 g/mol. The zero-order valence-electron chi connectivity index (χ0n) is 12.9. The fourth-order valence-electron chi connectivity index (χ4n) is 2.92. The highest BCUT2D eigenvalue weighted by molar-refractivity contribution is 5.29. The number of rotatable bonds is 6. The van der Waals surface area contributed by atoms with Gasteiger partial charge in [0.05, 0.1) is 13.2 Å². The molecule has 112 valence electrons. The first kappa shape index (κ1) is 15.3. The van der Waals surface area contributed by atoms with Crippen molar-refractivity contribution in [3.8, 4) is 5.75 Å². The number of nitrogens with one attached hydrogen (secondary N) is 1. The Balaban J connectivity index is 2.00. The molecule has 3 unspecified atom stereocenters. The highest BCUT2D eigenvalue weighted by Gasteiger charge is 2.29. The maximum atomic E-state index is 5.66. The zero-order chi connectivity index (χ0) is 14.5.